The number of hydrogen-bond acceptors (Lipinski definition) is 2. The van der Waals surface area contributed by atoms with E-state index < -0.39 is 43.3 Å². The monoisotopic (exact) mass is 296 g/mol. The van der Waals surface area contributed by atoms with E-state index in [-0.39, 0.29) is 11.5 Å². The molecule has 1 nitrogen and oxygen atoms in total. The molecule has 0 aliphatic rings. The summed E-state index contributed by atoms with van der Waals surface area (Å²) in [6, 6.07) is 0. The summed E-state index contributed by atoms with van der Waals surface area (Å²) in [5.41, 5.74) is 0. The maximum absolute atomic E-state index is 13.1. The van der Waals surface area contributed by atoms with E-state index in [1.165, 1.54) is 6.92 Å². The molecule has 8 heteroatoms. The molecule has 0 aliphatic heterocycles. The molecule has 0 amide bonds. The van der Waals surface area contributed by atoms with E-state index >= 15 is 0 Å². The first-order valence-electron chi connectivity index (χ1n) is 5.27. The minimum atomic E-state index is -4.13. The molecule has 0 rings (SSSR count). The SMILES string of the molecule is CCC(=O)SCCC(F)(F)C(F)C(F)C(F)CF. The van der Waals surface area contributed by atoms with Crippen molar-refractivity contribution in [1.29, 1.82) is 0 Å². The second-order valence-electron chi connectivity index (χ2n) is 3.60. The summed E-state index contributed by atoms with van der Waals surface area (Å²) in [5.74, 6) is -4.53. The summed E-state index contributed by atoms with van der Waals surface area (Å²) < 4.78 is 76.1. The third-order valence-electron chi connectivity index (χ3n) is 2.16. The van der Waals surface area contributed by atoms with Crippen LogP contribution in [0.3, 0.4) is 0 Å². The van der Waals surface area contributed by atoms with Crippen LogP contribution in [0.15, 0.2) is 0 Å². The fourth-order valence-corrected chi connectivity index (χ4v) is 1.85. The van der Waals surface area contributed by atoms with Crippen LogP contribution >= 0.6 is 11.8 Å². The number of alkyl halides is 6. The number of carbonyl (C=O) groups excluding carboxylic acids is 1. The second kappa shape index (κ2) is 7.91. The lowest BCUT2D eigenvalue weighted by atomic mass is 10.0. The largest absolute Gasteiger partial charge is 0.287 e. The number of rotatable bonds is 8. The van der Waals surface area contributed by atoms with Crippen molar-refractivity contribution in [3.8, 4) is 0 Å². The van der Waals surface area contributed by atoms with Gasteiger partial charge in [-0.2, -0.15) is 0 Å². The smallest absolute Gasteiger partial charge is 0.282 e. The first kappa shape index (κ1) is 17.6. The van der Waals surface area contributed by atoms with Gasteiger partial charge in [-0.1, -0.05) is 18.7 Å². The summed E-state index contributed by atoms with van der Waals surface area (Å²) in [7, 11) is 0. The number of carbonyl (C=O) groups is 1. The van der Waals surface area contributed by atoms with Gasteiger partial charge in [0, 0.05) is 18.6 Å². The minimum Gasteiger partial charge on any atom is -0.287 e. The van der Waals surface area contributed by atoms with E-state index in [9.17, 15) is 31.1 Å². The highest BCUT2D eigenvalue weighted by Crippen LogP contribution is 2.32. The second-order valence-corrected chi connectivity index (χ2v) is 4.75. The molecule has 3 unspecified atom stereocenters. The summed E-state index contributed by atoms with van der Waals surface area (Å²) >= 11 is 0.571. The van der Waals surface area contributed by atoms with Crippen LogP contribution in [0.5, 0.6) is 0 Å². The lowest BCUT2D eigenvalue weighted by molar-refractivity contribution is -0.114. The van der Waals surface area contributed by atoms with Gasteiger partial charge in [0.25, 0.3) is 5.92 Å². The maximum Gasteiger partial charge on any atom is 0.282 e. The molecular formula is C10H14F6OS. The molecule has 0 aromatic heterocycles. The Hall–Kier alpha value is -0.400. The van der Waals surface area contributed by atoms with Gasteiger partial charge in [-0.25, -0.2) is 26.3 Å². The van der Waals surface area contributed by atoms with Crippen LogP contribution in [0.4, 0.5) is 26.3 Å². The van der Waals surface area contributed by atoms with Gasteiger partial charge in [-0.3, -0.25) is 4.79 Å². The van der Waals surface area contributed by atoms with Crippen molar-refractivity contribution < 1.29 is 31.1 Å². The first-order valence-corrected chi connectivity index (χ1v) is 6.26. The molecule has 0 spiro atoms. The molecule has 18 heavy (non-hydrogen) atoms. The molecular weight excluding hydrogens is 282 g/mol. The summed E-state index contributed by atoms with van der Waals surface area (Å²) in [6.07, 6.45) is -10.5. The van der Waals surface area contributed by atoms with Crippen molar-refractivity contribution in [2.75, 3.05) is 12.4 Å². The quantitative estimate of drug-likeness (QED) is 0.636. The highest BCUT2D eigenvalue weighted by molar-refractivity contribution is 8.13. The van der Waals surface area contributed by atoms with Crippen molar-refractivity contribution in [2.45, 2.75) is 44.2 Å². The van der Waals surface area contributed by atoms with Gasteiger partial charge in [0.15, 0.2) is 23.6 Å². The molecule has 0 bridgehead atoms. The highest BCUT2D eigenvalue weighted by atomic mass is 32.2. The Morgan fingerprint density at radius 1 is 1.28 bits per heavy atom. The van der Waals surface area contributed by atoms with Crippen LogP contribution in [0.2, 0.25) is 0 Å². The number of hydrogen-bond donors (Lipinski definition) is 0. The number of halogens is 6. The maximum atomic E-state index is 13.1. The summed E-state index contributed by atoms with van der Waals surface area (Å²) in [4.78, 5) is 10.8. The van der Waals surface area contributed by atoms with Crippen molar-refractivity contribution in [2.24, 2.45) is 0 Å². The molecule has 0 saturated carbocycles. The predicted octanol–water partition coefficient (Wildman–Crippen LogP) is 3.67. The average molecular weight is 296 g/mol. The van der Waals surface area contributed by atoms with Crippen molar-refractivity contribution in [3.05, 3.63) is 0 Å². The Labute approximate surface area is 105 Å². The first-order chi connectivity index (χ1) is 8.26. The fraction of sp³-hybridized carbons (Fsp3) is 0.900. The molecule has 0 saturated heterocycles. The third-order valence-corrected chi connectivity index (χ3v) is 3.18. The van der Waals surface area contributed by atoms with Crippen LogP contribution in [-0.4, -0.2) is 42.0 Å². The van der Waals surface area contributed by atoms with E-state index in [2.05, 4.69) is 0 Å². The number of thioether (sulfide) groups is 1. The van der Waals surface area contributed by atoms with E-state index in [0.717, 1.165) is 0 Å². The van der Waals surface area contributed by atoms with Crippen LogP contribution in [0.1, 0.15) is 19.8 Å². The zero-order valence-corrected chi connectivity index (χ0v) is 10.5. The fourth-order valence-electron chi connectivity index (χ4n) is 1.04. The Morgan fingerprint density at radius 3 is 2.28 bits per heavy atom. The predicted molar refractivity (Wildman–Crippen MR) is 58.0 cm³/mol. The lowest BCUT2D eigenvalue weighted by Gasteiger charge is -2.24. The lowest BCUT2D eigenvalue weighted by Crippen LogP contribution is -2.42. The minimum absolute atomic E-state index is 0.134. The zero-order valence-electron chi connectivity index (χ0n) is 9.64. The van der Waals surface area contributed by atoms with E-state index in [0.29, 0.717) is 11.8 Å². The van der Waals surface area contributed by atoms with Gasteiger partial charge >= 0.3 is 0 Å². The summed E-state index contributed by atoms with van der Waals surface area (Å²) in [6.45, 7) is -0.335. The molecule has 0 heterocycles. The molecule has 0 radical (unpaired) electrons. The third kappa shape index (κ3) is 5.49. The normalized spacial score (nSPS) is 17.3. The molecule has 0 aromatic rings. The van der Waals surface area contributed by atoms with E-state index in [1.807, 2.05) is 0 Å². The van der Waals surface area contributed by atoms with Crippen LogP contribution in [0, 0.1) is 0 Å². The van der Waals surface area contributed by atoms with Crippen LogP contribution < -0.4 is 0 Å². The van der Waals surface area contributed by atoms with E-state index in [1.54, 1.807) is 0 Å². The summed E-state index contributed by atoms with van der Waals surface area (Å²) in [5, 5.41) is -0.356. The average Bonchev–Trinajstić information content (AvgIpc) is 2.35. The van der Waals surface area contributed by atoms with Gasteiger partial charge in [-0.15, -0.1) is 0 Å². The van der Waals surface area contributed by atoms with Gasteiger partial charge in [0.2, 0.25) is 0 Å². The van der Waals surface area contributed by atoms with Gasteiger partial charge in [-0.05, 0) is 0 Å². The van der Waals surface area contributed by atoms with Crippen molar-refractivity contribution in [1.82, 2.24) is 0 Å². The Bertz CT molecular complexity index is 263. The Balaban J connectivity index is 4.30. The molecule has 3 atom stereocenters. The standard InChI is InChI=1S/C10H14F6OS/c1-2-7(17)18-4-3-10(15,16)9(14)8(13)6(12)5-11/h6,8-9H,2-5H2,1H3. The topological polar surface area (TPSA) is 17.1 Å². The van der Waals surface area contributed by atoms with Gasteiger partial charge in [0.1, 0.15) is 6.67 Å². The highest BCUT2D eigenvalue weighted by Gasteiger charge is 2.48. The van der Waals surface area contributed by atoms with Gasteiger partial charge in [0.05, 0.1) is 0 Å². The van der Waals surface area contributed by atoms with Gasteiger partial charge < -0.3 is 0 Å². The Kier molecular flexibility index (Phi) is 7.73. The zero-order chi connectivity index (χ0) is 14.3. The molecule has 0 fully saturated rings. The van der Waals surface area contributed by atoms with Crippen LogP contribution in [0.25, 0.3) is 0 Å². The molecule has 0 aliphatic carbocycles. The molecule has 0 aromatic carbocycles. The Morgan fingerprint density at radius 2 is 1.83 bits per heavy atom. The van der Waals surface area contributed by atoms with Crippen molar-refractivity contribution >= 4 is 16.9 Å². The molecule has 0 N–H and O–H groups in total. The van der Waals surface area contributed by atoms with Crippen LogP contribution in [-0.2, 0) is 4.79 Å². The van der Waals surface area contributed by atoms with Crippen molar-refractivity contribution in [3.63, 3.8) is 0 Å². The van der Waals surface area contributed by atoms with E-state index in [4.69, 9.17) is 0 Å². The molecule has 108 valence electrons.